The van der Waals surface area contributed by atoms with Crippen LogP contribution in [0.25, 0.3) is 6.08 Å². The summed E-state index contributed by atoms with van der Waals surface area (Å²) in [6.07, 6.45) is 3.10. The number of carbonyl (C=O) groups is 2. The van der Waals surface area contributed by atoms with Crippen LogP contribution in [-0.4, -0.2) is 25.5 Å². The van der Waals surface area contributed by atoms with E-state index >= 15 is 0 Å². The van der Waals surface area contributed by atoms with E-state index in [9.17, 15) is 9.59 Å². The van der Waals surface area contributed by atoms with Crippen LogP contribution in [0.4, 0.5) is 0 Å². The number of allylic oxidation sites excluding steroid dienone is 1. The third-order valence-corrected chi connectivity index (χ3v) is 3.17. The highest BCUT2D eigenvalue weighted by Crippen LogP contribution is 2.14. The monoisotopic (exact) mass is 321 g/mol. The molecule has 5 nitrogen and oxygen atoms in total. The Bertz CT molecular complexity index is 801. The molecule has 0 N–H and O–H groups in total. The molecule has 0 saturated carbocycles. The molecular formula is C19H15NO4. The van der Waals surface area contributed by atoms with Gasteiger partial charge in [0, 0.05) is 5.56 Å². The summed E-state index contributed by atoms with van der Waals surface area (Å²) in [6.45, 7) is -0.182. The van der Waals surface area contributed by atoms with E-state index in [0.717, 1.165) is 5.56 Å². The molecule has 24 heavy (non-hydrogen) atoms. The van der Waals surface area contributed by atoms with Crippen LogP contribution in [-0.2, 0) is 9.53 Å². The second-order valence-corrected chi connectivity index (χ2v) is 4.82. The van der Waals surface area contributed by atoms with Crippen molar-refractivity contribution >= 4 is 17.8 Å². The van der Waals surface area contributed by atoms with Crippen LogP contribution in [0.3, 0.4) is 0 Å². The van der Waals surface area contributed by atoms with Crippen LogP contribution in [0.5, 0.6) is 5.75 Å². The van der Waals surface area contributed by atoms with E-state index < -0.39 is 5.97 Å². The van der Waals surface area contributed by atoms with Crippen LogP contribution in [0.1, 0.15) is 21.5 Å². The Morgan fingerprint density at radius 3 is 2.58 bits per heavy atom. The molecule has 0 saturated heterocycles. The van der Waals surface area contributed by atoms with E-state index in [1.54, 1.807) is 48.5 Å². The molecule has 2 aromatic rings. The first kappa shape index (κ1) is 17.0. The summed E-state index contributed by atoms with van der Waals surface area (Å²) < 4.78 is 9.69. The highest BCUT2D eigenvalue weighted by atomic mass is 16.6. The molecule has 0 spiro atoms. The smallest absolute Gasteiger partial charge is 0.343 e. The zero-order chi connectivity index (χ0) is 17.4. The van der Waals surface area contributed by atoms with Gasteiger partial charge in [-0.2, -0.15) is 5.26 Å². The Hall–Kier alpha value is -3.39. The summed E-state index contributed by atoms with van der Waals surface area (Å²) >= 11 is 0. The summed E-state index contributed by atoms with van der Waals surface area (Å²) in [5.74, 6) is -0.169. The Labute approximate surface area is 139 Å². The highest BCUT2D eigenvalue weighted by molar-refractivity contribution is 6.06. The zero-order valence-electron chi connectivity index (χ0n) is 13.1. The predicted octanol–water partition coefficient (Wildman–Crippen LogP) is 3.01. The summed E-state index contributed by atoms with van der Waals surface area (Å²) in [4.78, 5) is 23.1. The molecule has 0 atom stereocenters. The molecule has 0 aliphatic heterocycles. The number of carbonyl (C=O) groups excluding carboxylic acids is 2. The first-order valence-corrected chi connectivity index (χ1v) is 7.14. The van der Waals surface area contributed by atoms with Gasteiger partial charge >= 0.3 is 5.97 Å². The second-order valence-electron chi connectivity index (χ2n) is 4.82. The number of hydrogen-bond acceptors (Lipinski definition) is 5. The Kier molecular flexibility index (Phi) is 5.87. The van der Waals surface area contributed by atoms with E-state index in [4.69, 9.17) is 10.00 Å². The second kappa shape index (κ2) is 8.30. The van der Waals surface area contributed by atoms with Gasteiger partial charge in [0.1, 0.15) is 5.75 Å². The van der Waals surface area contributed by atoms with Gasteiger partial charge in [-0.1, -0.05) is 18.2 Å². The Morgan fingerprint density at radius 1 is 1.17 bits per heavy atom. The number of ketones is 1. The fourth-order valence-corrected chi connectivity index (χ4v) is 1.90. The molecule has 120 valence electrons. The standard InChI is InChI=1S/C19H15NO4/c1-23-19(22)13-24-17-8-6-16(7-9-17)18(21)10-5-14-3-2-4-15(11-14)12-20/h2-11H,13H2,1H3. The van der Waals surface area contributed by atoms with E-state index in [0.29, 0.717) is 16.9 Å². The quantitative estimate of drug-likeness (QED) is 0.464. The number of methoxy groups -OCH3 is 1. The van der Waals surface area contributed by atoms with Crippen LogP contribution in [0.15, 0.2) is 54.6 Å². The van der Waals surface area contributed by atoms with Crippen molar-refractivity contribution in [2.45, 2.75) is 0 Å². The molecule has 2 aromatic carbocycles. The lowest BCUT2D eigenvalue weighted by Crippen LogP contribution is -2.12. The molecule has 0 radical (unpaired) electrons. The number of benzene rings is 2. The van der Waals surface area contributed by atoms with Gasteiger partial charge in [-0.15, -0.1) is 0 Å². The average Bonchev–Trinajstić information content (AvgIpc) is 2.64. The first-order valence-electron chi connectivity index (χ1n) is 7.14. The van der Waals surface area contributed by atoms with Crippen molar-refractivity contribution in [1.29, 1.82) is 5.26 Å². The maximum atomic E-state index is 12.1. The summed E-state index contributed by atoms with van der Waals surface area (Å²) in [7, 11) is 1.28. The largest absolute Gasteiger partial charge is 0.482 e. The Morgan fingerprint density at radius 2 is 1.92 bits per heavy atom. The molecule has 2 rings (SSSR count). The third kappa shape index (κ3) is 4.82. The minimum absolute atomic E-state index is 0.170. The highest BCUT2D eigenvalue weighted by Gasteiger charge is 2.04. The predicted molar refractivity (Wildman–Crippen MR) is 88.5 cm³/mol. The minimum atomic E-state index is -0.474. The summed E-state index contributed by atoms with van der Waals surface area (Å²) in [6, 6.07) is 15.5. The SMILES string of the molecule is COC(=O)COc1ccc(C(=O)C=Cc2cccc(C#N)c2)cc1. The van der Waals surface area contributed by atoms with Gasteiger partial charge in [0.15, 0.2) is 12.4 Å². The molecule has 0 aromatic heterocycles. The molecule has 0 bridgehead atoms. The first-order chi connectivity index (χ1) is 11.6. The van der Waals surface area contributed by atoms with E-state index in [-0.39, 0.29) is 12.4 Å². The van der Waals surface area contributed by atoms with Gasteiger partial charge in [-0.25, -0.2) is 4.79 Å². The molecule has 0 heterocycles. The lowest BCUT2D eigenvalue weighted by atomic mass is 10.1. The fourth-order valence-electron chi connectivity index (χ4n) is 1.90. The number of rotatable bonds is 6. The van der Waals surface area contributed by atoms with Gasteiger partial charge in [0.25, 0.3) is 0 Å². The Balaban J connectivity index is 2.00. The number of esters is 1. The van der Waals surface area contributed by atoms with Crippen molar-refractivity contribution in [3.05, 3.63) is 71.3 Å². The van der Waals surface area contributed by atoms with Crippen LogP contribution in [0.2, 0.25) is 0 Å². The van der Waals surface area contributed by atoms with Gasteiger partial charge in [0.2, 0.25) is 0 Å². The van der Waals surface area contributed by atoms with Gasteiger partial charge in [-0.3, -0.25) is 4.79 Å². The average molecular weight is 321 g/mol. The molecule has 0 amide bonds. The van der Waals surface area contributed by atoms with Crippen molar-refractivity contribution in [2.75, 3.05) is 13.7 Å². The van der Waals surface area contributed by atoms with Crippen molar-refractivity contribution in [3.8, 4) is 11.8 Å². The third-order valence-electron chi connectivity index (χ3n) is 3.17. The van der Waals surface area contributed by atoms with Crippen LogP contribution in [0, 0.1) is 11.3 Å². The van der Waals surface area contributed by atoms with Crippen molar-refractivity contribution < 1.29 is 19.1 Å². The molecular weight excluding hydrogens is 306 g/mol. The topological polar surface area (TPSA) is 76.4 Å². The lowest BCUT2D eigenvalue weighted by molar-refractivity contribution is -0.142. The normalized spacial score (nSPS) is 10.2. The number of ether oxygens (including phenoxy) is 2. The molecule has 0 aliphatic rings. The van der Waals surface area contributed by atoms with Crippen molar-refractivity contribution in [3.63, 3.8) is 0 Å². The number of hydrogen-bond donors (Lipinski definition) is 0. The minimum Gasteiger partial charge on any atom is -0.482 e. The van der Waals surface area contributed by atoms with E-state index in [1.807, 2.05) is 6.07 Å². The zero-order valence-corrected chi connectivity index (χ0v) is 13.1. The van der Waals surface area contributed by atoms with Crippen LogP contribution >= 0.6 is 0 Å². The van der Waals surface area contributed by atoms with Gasteiger partial charge in [0.05, 0.1) is 18.7 Å². The van der Waals surface area contributed by atoms with Crippen molar-refractivity contribution in [2.24, 2.45) is 0 Å². The fraction of sp³-hybridized carbons (Fsp3) is 0.105. The number of nitriles is 1. The maximum absolute atomic E-state index is 12.1. The molecule has 0 aliphatic carbocycles. The molecule has 5 heteroatoms. The summed E-state index contributed by atoms with van der Waals surface area (Å²) in [5, 5.41) is 8.86. The van der Waals surface area contributed by atoms with Gasteiger partial charge in [-0.05, 0) is 48.0 Å². The maximum Gasteiger partial charge on any atom is 0.343 e. The van der Waals surface area contributed by atoms with Gasteiger partial charge < -0.3 is 9.47 Å². The summed E-state index contributed by atoms with van der Waals surface area (Å²) in [5.41, 5.74) is 1.81. The molecule has 0 unspecified atom stereocenters. The number of nitrogens with zero attached hydrogens (tertiary/aromatic N) is 1. The van der Waals surface area contributed by atoms with Crippen molar-refractivity contribution in [1.82, 2.24) is 0 Å². The molecule has 0 fully saturated rings. The lowest BCUT2D eigenvalue weighted by Gasteiger charge is -2.04. The van der Waals surface area contributed by atoms with E-state index in [2.05, 4.69) is 10.8 Å². The van der Waals surface area contributed by atoms with Crippen LogP contribution < -0.4 is 4.74 Å². The van der Waals surface area contributed by atoms with E-state index in [1.165, 1.54) is 13.2 Å².